The first-order chi connectivity index (χ1) is 16.4. The van der Waals surface area contributed by atoms with Crippen LogP contribution in [0.25, 0.3) is 0 Å². The Labute approximate surface area is 198 Å². The minimum absolute atomic E-state index is 0.155. The van der Waals surface area contributed by atoms with Crippen molar-refractivity contribution in [1.82, 2.24) is 24.7 Å². The maximum absolute atomic E-state index is 12.9. The van der Waals surface area contributed by atoms with Gasteiger partial charge < -0.3 is 14.7 Å². The van der Waals surface area contributed by atoms with Gasteiger partial charge in [-0.1, -0.05) is 0 Å². The van der Waals surface area contributed by atoms with Crippen molar-refractivity contribution in [3.05, 3.63) is 47.4 Å². The van der Waals surface area contributed by atoms with E-state index >= 15 is 0 Å². The third kappa shape index (κ3) is 4.21. The van der Waals surface area contributed by atoms with E-state index < -0.39 is 0 Å². The number of hydrogen-bond donors (Lipinski definition) is 0. The van der Waals surface area contributed by atoms with Crippen molar-refractivity contribution in [3.63, 3.8) is 0 Å². The molecule has 34 heavy (non-hydrogen) atoms. The Morgan fingerprint density at radius 1 is 0.882 bits per heavy atom. The summed E-state index contributed by atoms with van der Waals surface area (Å²) in [6.07, 6.45) is 1.78. The summed E-state index contributed by atoms with van der Waals surface area (Å²) in [5.74, 6) is 1.35. The molecule has 2 fully saturated rings. The quantitative estimate of drug-likeness (QED) is 0.605. The second kappa shape index (κ2) is 9.02. The van der Waals surface area contributed by atoms with Crippen LogP contribution >= 0.6 is 0 Å². The van der Waals surface area contributed by atoms with Gasteiger partial charge in [-0.15, -0.1) is 0 Å². The van der Waals surface area contributed by atoms with E-state index in [0.717, 1.165) is 48.4 Å². The molecule has 0 spiro atoms. The Kier molecular flexibility index (Phi) is 5.91. The lowest BCUT2D eigenvalue weighted by molar-refractivity contribution is -0.132. The Balaban J connectivity index is 1.12. The predicted molar refractivity (Wildman–Crippen MR) is 127 cm³/mol. The molecule has 0 unspecified atom stereocenters. The van der Waals surface area contributed by atoms with Gasteiger partial charge in [0, 0.05) is 71.3 Å². The van der Waals surface area contributed by atoms with Gasteiger partial charge in [0.25, 0.3) is 11.8 Å². The standard InChI is InChI=1S/C24H29N7O3/c1-17-25-6-5-21(26-17)30-9-7-28(8-10-30)16-22(32)31-13-11-29(12-14-31)18-3-4-19-20(15-18)24(34)27(2)23(19)33/h3-6,15H,7-14,16H2,1-2H3. The molecule has 10 nitrogen and oxygen atoms in total. The number of carbonyl (C=O) groups is 3. The first-order valence-electron chi connectivity index (χ1n) is 11.7. The van der Waals surface area contributed by atoms with Gasteiger partial charge in [-0.2, -0.15) is 0 Å². The number of hydrogen-bond acceptors (Lipinski definition) is 8. The molecular formula is C24H29N7O3. The van der Waals surface area contributed by atoms with Crippen molar-refractivity contribution in [3.8, 4) is 0 Å². The van der Waals surface area contributed by atoms with Gasteiger partial charge in [0.1, 0.15) is 11.6 Å². The molecule has 3 amide bonds. The lowest BCUT2D eigenvalue weighted by atomic mass is 10.1. The topological polar surface area (TPSA) is 93.2 Å². The molecule has 3 aliphatic heterocycles. The van der Waals surface area contributed by atoms with E-state index in [9.17, 15) is 14.4 Å². The van der Waals surface area contributed by atoms with Crippen molar-refractivity contribution < 1.29 is 14.4 Å². The van der Waals surface area contributed by atoms with Crippen molar-refractivity contribution in [2.75, 3.05) is 75.8 Å². The highest BCUT2D eigenvalue weighted by atomic mass is 16.2. The highest BCUT2D eigenvalue weighted by Crippen LogP contribution is 2.27. The number of anilines is 2. The van der Waals surface area contributed by atoms with E-state index in [4.69, 9.17) is 0 Å². The zero-order valence-electron chi connectivity index (χ0n) is 19.6. The summed E-state index contributed by atoms with van der Waals surface area (Å²) in [6.45, 7) is 8.33. The lowest BCUT2D eigenvalue weighted by Crippen LogP contribution is -2.54. The van der Waals surface area contributed by atoms with Crippen molar-refractivity contribution in [2.45, 2.75) is 6.92 Å². The van der Waals surface area contributed by atoms with Crippen molar-refractivity contribution >= 4 is 29.2 Å². The molecule has 1 aromatic heterocycles. The van der Waals surface area contributed by atoms with E-state index in [-0.39, 0.29) is 17.7 Å². The normalized spacial score (nSPS) is 19.1. The zero-order chi connectivity index (χ0) is 23.8. The molecule has 0 radical (unpaired) electrons. The monoisotopic (exact) mass is 463 g/mol. The second-order valence-electron chi connectivity index (χ2n) is 8.99. The summed E-state index contributed by atoms with van der Waals surface area (Å²) in [4.78, 5) is 55.7. The number of piperazine rings is 2. The van der Waals surface area contributed by atoms with Crippen LogP contribution in [0, 0.1) is 6.92 Å². The van der Waals surface area contributed by atoms with Gasteiger partial charge in [0.05, 0.1) is 17.7 Å². The number of amides is 3. The average molecular weight is 464 g/mol. The summed E-state index contributed by atoms with van der Waals surface area (Å²) in [5, 5.41) is 0. The average Bonchev–Trinajstić information content (AvgIpc) is 3.08. The molecule has 0 bridgehead atoms. The fourth-order valence-corrected chi connectivity index (χ4v) is 4.81. The molecule has 1 aromatic carbocycles. The fraction of sp³-hybridized carbons (Fsp3) is 0.458. The Bertz CT molecular complexity index is 1120. The Morgan fingerprint density at radius 3 is 2.26 bits per heavy atom. The van der Waals surface area contributed by atoms with Gasteiger partial charge in [-0.05, 0) is 31.2 Å². The highest BCUT2D eigenvalue weighted by Gasteiger charge is 2.33. The number of carbonyl (C=O) groups excluding carboxylic acids is 3. The largest absolute Gasteiger partial charge is 0.368 e. The van der Waals surface area contributed by atoms with Gasteiger partial charge in [0.2, 0.25) is 5.91 Å². The van der Waals surface area contributed by atoms with Gasteiger partial charge in [-0.25, -0.2) is 9.97 Å². The molecule has 4 heterocycles. The molecule has 0 saturated carbocycles. The predicted octanol–water partition coefficient (Wildman–Crippen LogP) is 0.482. The third-order valence-corrected chi connectivity index (χ3v) is 6.89. The lowest BCUT2D eigenvalue weighted by Gasteiger charge is -2.39. The number of aromatic nitrogens is 2. The van der Waals surface area contributed by atoms with E-state index in [1.54, 1.807) is 18.3 Å². The molecule has 2 saturated heterocycles. The van der Waals surface area contributed by atoms with Gasteiger partial charge in [0.15, 0.2) is 0 Å². The maximum Gasteiger partial charge on any atom is 0.261 e. The van der Waals surface area contributed by atoms with E-state index in [1.165, 1.54) is 7.05 Å². The molecule has 178 valence electrons. The number of aryl methyl sites for hydroxylation is 1. The van der Waals surface area contributed by atoms with E-state index in [2.05, 4.69) is 24.7 Å². The molecule has 10 heteroatoms. The van der Waals surface area contributed by atoms with Crippen LogP contribution in [-0.4, -0.2) is 108 Å². The van der Waals surface area contributed by atoms with Crippen LogP contribution in [0.2, 0.25) is 0 Å². The van der Waals surface area contributed by atoms with Crippen LogP contribution < -0.4 is 9.80 Å². The van der Waals surface area contributed by atoms with E-state index in [1.807, 2.05) is 24.0 Å². The highest BCUT2D eigenvalue weighted by molar-refractivity contribution is 6.21. The molecule has 5 rings (SSSR count). The van der Waals surface area contributed by atoms with Crippen LogP contribution in [0.15, 0.2) is 30.5 Å². The zero-order valence-corrected chi connectivity index (χ0v) is 19.6. The Hall–Kier alpha value is -3.53. The minimum atomic E-state index is -0.259. The summed E-state index contributed by atoms with van der Waals surface area (Å²) in [6, 6.07) is 7.35. The van der Waals surface area contributed by atoms with Crippen LogP contribution in [-0.2, 0) is 4.79 Å². The van der Waals surface area contributed by atoms with E-state index in [0.29, 0.717) is 43.9 Å². The summed E-state index contributed by atoms with van der Waals surface area (Å²) in [5.41, 5.74) is 1.83. The number of rotatable bonds is 4. The maximum atomic E-state index is 12.9. The number of benzene rings is 1. The smallest absolute Gasteiger partial charge is 0.261 e. The summed E-state index contributed by atoms with van der Waals surface area (Å²) in [7, 11) is 1.51. The molecule has 2 aromatic rings. The number of fused-ring (bicyclic) bond motifs is 1. The van der Waals surface area contributed by atoms with Gasteiger partial charge in [-0.3, -0.25) is 24.2 Å². The molecule has 3 aliphatic rings. The van der Waals surface area contributed by atoms with Crippen molar-refractivity contribution in [1.29, 1.82) is 0 Å². The fourth-order valence-electron chi connectivity index (χ4n) is 4.81. The molecular weight excluding hydrogens is 434 g/mol. The second-order valence-corrected chi connectivity index (χ2v) is 8.99. The first-order valence-corrected chi connectivity index (χ1v) is 11.7. The van der Waals surface area contributed by atoms with Crippen LogP contribution in [0.3, 0.4) is 0 Å². The summed E-state index contributed by atoms with van der Waals surface area (Å²) >= 11 is 0. The van der Waals surface area contributed by atoms with Crippen molar-refractivity contribution in [2.24, 2.45) is 0 Å². The van der Waals surface area contributed by atoms with Crippen LogP contribution in [0.5, 0.6) is 0 Å². The minimum Gasteiger partial charge on any atom is -0.368 e. The van der Waals surface area contributed by atoms with Gasteiger partial charge >= 0.3 is 0 Å². The Morgan fingerprint density at radius 2 is 1.56 bits per heavy atom. The number of nitrogens with zero attached hydrogens (tertiary/aromatic N) is 7. The molecule has 0 N–H and O–H groups in total. The number of imide groups is 1. The van der Waals surface area contributed by atoms with Crippen LogP contribution in [0.4, 0.5) is 11.5 Å². The molecule has 0 atom stereocenters. The molecule has 0 aliphatic carbocycles. The third-order valence-electron chi connectivity index (χ3n) is 6.89. The van der Waals surface area contributed by atoms with Crippen LogP contribution in [0.1, 0.15) is 26.5 Å². The summed E-state index contributed by atoms with van der Waals surface area (Å²) < 4.78 is 0. The first kappa shape index (κ1) is 22.3. The SMILES string of the molecule is Cc1nccc(N2CCN(CC(=O)N3CCN(c4ccc5c(c4)C(=O)N(C)C5=O)CC3)CC2)n1.